The van der Waals surface area contributed by atoms with Crippen LogP contribution in [-0.4, -0.2) is 36.4 Å². The second-order valence-corrected chi connectivity index (χ2v) is 6.89. The van der Waals surface area contributed by atoms with Crippen LogP contribution in [0.3, 0.4) is 0 Å². The molecule has 0 aromatic heterocycles. The lowest BCUT2D eigenvalue weighted by atomic mass is 10.1. The second-order valence-electron chi connectivity index (χ2n) is 5.97. The maximum absolute atomic E-state index is 12.5. The van der Waals surface area contributed by atoms with Gasteiger partial charge in [0, 0.05) is 17.2 Å². The zero-order valence-electron chi connectivity index (χ0n) is 15.2. The molecule has 138 valence electrons. The van der Waals surface area contributed by atoms with Crippen LogP contribution in [0.2, 0.25) is 0 Å². The number of likely N-dealkylation sites (N-methyl/N-ethyl adjacent to an activating group) is 1. The Morgan fingerprint density at radius 2 is 1.92 bits per heavy atom. The van der Waals surface area contributed by atoms with Crippen LogP contribution in [0.15, 0.2) is 53.0 Å². The van der Waals surface area contributed by atoms with Gasteiger partial charge in [0.05, 0.1) is 6.54 Å². The van der Waals surface area contributed by atoms with E-state index in [-0.39, 0.29) is 18.4 Å². The summed E-state index contributed by atoms with van der Waals surface area (Å²) in [5.74, 6) is 0.0928. The maximum atomic E-state index is 12.5. The molecular weight excluding hydrogens is 396 g/mol. The summed E-state index contributed by atoms with van der Waals surface area (Å²) in [4.78, 5) is 26.1. The van der Waals surface area contributed by atoms with Crippen molar-refractivity contribution in [3.63, 3.8) is 0 Å². The highest BCUT2D eigenvalue weighted by Gasteiger charge is 2.21. The van der Waals surface area contributed by atoms with Crippen molar-refractivity contribution in [2.45, 2.75) is 26.4 Å². The lowest BCUT2D eigenvalue weighted by molar-refractivity contribution is -0.139. The van der Waals surface area contributed by atoms with E-state index in [2.05, 4.69) is 21.2 Å². The number of nitrogens with zero attached hydrogens (tertiary/aromatic N) is 1. The number of amides is 2. The summed E-state index contributed by atoms with van der Waals surface area (Å²) in [6.45, 7) is 3.66. The number of anilines is 1. The molecule has 0 aliphatic heterocycles. The Balaban J connectivity index is 1.92. The molecule has 0 spiro atoms. The molecule has 0 saturated carbocycles. The SMILES string of the molecule is CCc1ccccc1NC(=O)CN(C)C(=O)C(C)Oc1cccc(Br)c1. The molecule has 0 bridgehead atoms. The summed E-state index contributed by atoms with van der Waals surface area (Å²) in [7, 11) is 1.59. The van der Waals surface area contributed by atoms with Crippen LogP contribution in [0, 0.1) is 0 Å². The number of ether oxygens (including phenoxy) is 1. The van der Waals surface area contributed by atoms with E-state index >= 15 is 0 Å². The molecule has 5 nitrogen and oxygen atoms in total. The first kappa shape index (κ1) is 20.0. The first-order valence-corrected chi connectivity index (χ1v) is 9.25. The molecule has 2 amide bonds. The number of rotatable bonds is 7. The number of hydrogen-bond acceptors (Lipinski definition) is 3. The largest absolute Gasteiger partial charge is 0.481 e. The Morgan fingerprint density at radius 1 is 1.19 bits per heavy atom. The third kappa shape index (κ3) is 5.59. The number of aryl methyl sites for hydroxylation is 1. The quantitative estimate of drug-likeness (QED) is 0.741. The van der Waals surface area contributed by atoms with Crippen molar-refractivity contribution in [1.82, 2.24) is 4.90 Å². The van der Waals surface area contributed by atoms with Crippen LogP contribution in [0.4, 0.5) is 5.69 Å². The van der Waals surface area contributed by atoms with Gasteiger partial charge in [-0.3, -0.25) is 9.59 Å². The number of hydrogen-bond donors (Lipinski definition) is 1. The summed E-state index contributed by atoms with van der Waals surface area (Å²) in [6.07, 6.45) is 0.132. The van der Waals surface area contributed by atoms with E-state index < -0.39 is 6.10 Å². The van der Waals surface area contributed by atoms with E-state index in [0.717, 1.165) is 22.1 Å². The standard InChI is InChI=1S/C20H23BrN2O3/c1-4-15-8-5-6-11-18(15)22-19(24)13-23(3)20(25)14(2)26-17-10-7-9-16(21)12-17/h5-12,14H,4,13H2,1-3H3,(H,22,24). The van der Waals surface area contributed by atoms with Crippen molar-refractivity contribution in [1.29, 1.82) is 0 Å². The zero-order valence-corrected chi connectivity index (χ0v) is 16.7. The highest BCUT2D eigenvalue weighted by Crippen LogP contribution is 2.19. The van der Waals surface area contributed by atoms with Crippen LogP contribution >= 0.6 is 15.9 Å². The lowest BCUT2D eigenvalue weighted by Crippen LogP contribution is -2.42. The molecule has 2 aromatic rings. The molecular formula is C20H23BrN2O3. The minimum Gasteiger partial charge on any atom is -0.481 e. The van der Waals surface area contributed by atoms with Gasteiger partial charge in [0.25, 0.3) is 5.91 Å². The predicted molar refractivity (Wildman–Crippen MR) is 106 cm³/mol. The van der Waals surface area contributed by atoms with Gasteiger partial charge in [-0.25, -0.2) is 0 Å². The fraction of sp³-hybridized carbons (Fsp3) is 0.300. The number of carbonyl (C=O) groups excluding carboxylic acids is 2. The van der Waals surface area contributed by atoms with Gasteiger partial charge in [-0.05, 0) is 43.2 Å². The van der Waals surface area contributed by atoms with Crippen LogP contribution in [0.5, 0.6) is 5.75 Å². The molecule has 0 aliphatic carbocycles. The van der Waals surface area contributed by atoms with Gasteiger partial charge in [-0.15, -0.1) is 0 Å². The lowest BCUT2D eigenvalue weighted by Gasteiger charge is -2.22. The monoisotopic (exact) mass is 418 g/mol. The van der Waals surface area contributed by atoms with E-state index in [4.69, 9.17) is 4.74 Å². The van der Waals surface area contributed by atoms with E-state index in [0.29, 0.717) is 5.75 Å². The molecule has 6 heteroatoms. The minimum atomic E-state index is -0.690. The number of para-hydroxylation sites is 1. The average Bonchev–Trinajstić information content (AvgIpc) is 2.61. The van der Waals surface area contributed by atoms with Gasteiger partial charge >= 0.3 is 0 Å². The third-order valence-corrected chi connectivity index (χ3v) is 4.38. The van der Waals surface area contributed by atoms with Crippen LogP contribution in [0.1, 0.15) is 19.4 Å². The van der Waals surface area contributed by atoms with Gasteiger partial charge in [0.1, 0.15) is 5.75 Å². The fourth-order valence-corrected chi connectivity index (χ4v) is 2.92. The molecule has 26 heavy (non-hydrogen) atoms. The Labute approximate surface area is 162 Å². The first-order valence-electron chi connectivity index (χ1n) is 8.45. The number of halogens is 1. The summed E-state index contributed by atoms with van der Waals surface area (Å²) in [6, 6.07) is 14.9. The van der Waals surface area contributed by atoms with Crippen molar-refractivity contribution in [2.24, 2.45) is 0 Å². The minimum absolute atomic E-state index is 0.0386. The highest BCUT2D eigenvalue weighted by atomic mass is 79.9. The van der Waals surface area contributed by atoms with Crippen molar-refractivity contribution in [2.75, 3.05) is 18.9 Å². The number of benzene rings is 2. The molecule has 2 rings (SSSR count). The molecule has 0 saturated heterocycles. The maximum Gasteiger partial charge on any atom is 0.263 e. The molecule has 1 N–H and O–H groups in total. The van der Waals surface area contributed by atoms with E-state index in [1.165, 1.54) is 4.90 Å². The Morgan fingerprint density at radius 3 is 2.62 bits per heavy atom. The average molecular weight is 419 g/mol. The van der Waals surface area contributed by atoms with Crippen molar-refractivity contribution in [3.8, 4) is 5.75 Å². The zero-order chi connectivity index (χ0) is 19.1. The first-order chi connectivity index (χ1) is 12.4. The highest BCUT2D eigenvalue weighted by molar-refractivity contribution is 9.10. The van der Waals surface area contributed by atoms with Gasteiger partial charge in [0.2, 0.25) is 5.91 Å². The molecule has 0 fully saturated rings. The van der Waals surface area contributed by atoms with Gasteiger partial charge < -0.3 is 15.0 Å². The summed E-state index contributed by atoms with van der Waals surface area (Å²) in [5, 5.41) is 2.86. The van der Waals surface area contributed by atoms with E-state index in [9.17, 15) is 9.59 Å². The molecule has 0 heterocycles. The van der Waals surface area contributed by atoms with Crippen LogP contribution in [-0.2, 0) is 16.0 Å². The van der Waals surface area contributed by atoms with Gasteiger partial charge in [0.15, 0.2) is 6.10 Å². The van der Waals surface area contributed by atoms with Gasteiger partial charge in [-0.1, -0.05) is 47.1 Å². The fourth-order valence-electron chi connectivity index (χ4n) is 2.54. The normalized spacial score (nSPS) is 11.5. The van der Waals surface area contributed by atoms with Crippen molar-refractivity contribution in [3.05, 3.63) is 58.6 Å². The van der Waals surface area contributed by atoms with Crippen molar-refractivity contribution >= 4 is 33.4 Å². The predicted octanol–water partition coefficient (Wildman–Crippen LogP) is 3.88. The molecule has 0 radical (unpaired) electrons. The Kier molecular flexibility index (Phi) is 7.21. The van der Waals surface area contributed by atoms with E-state index in [1.807, 2.05) is 43.3 Å². The third-order valence-electron chi connectivity index (χ3n) is 3.89. The molecule has 0 aliphatic rings. The van der Waals surface area contributed by atoms with Crippen LogP contribution in [0.25, 0.3) is 0 Å². The smallest absolute Gasteiger partial charge is 0.263 e. The van der Waals surface area contributed by atoms with Crippen LogP contribution < -0.4 is 10.1 Å². The Bertz CT molecular complexity index is 779. The molecule has 2 aromatic carbocycles. The number of nitrogens with one attached hydrogen (secondary N) is 1. The molecule has 1 unspecified atom stereocenters. The molecule has 1 atom stereocenters. The van der Waals surface area contributed by atoms with Crippen molar-refractivity contribution < 1.29 is 14.3 Å². The second kappa shape index (κ2) is 9.38. The summed E-state index contributed by atoms with van der Waals surface area (Å²) in [5.41, 5.74) is 1.83. The van der Waals surface area contributed by atoms with E-state index in [1.54, 1.807) is 26.1 Å². The summed E-state index contributed by atoms with van der Waals surface area (Å²) < 4.78 is 6.53. The Hall–Kier alpha value is -2.34. The summed E-state index contributed by atoms with van der Waals surface area (Å²) >= 11 is 3.37. The van der Waals surface area contributed by atoms with Gasteiger partial charge in [-0.2, -0.15) is 0 Å². The topological polar surface area (TPSA) is 58.6 Å². The number of carbonyl (C=O) groups is 2.